The number of carbonyl (C=O) groups is 3. The standard InChI is InChI=1S/C24H31IO7/c1-4-30-21(29)32-24(20(28)31-13-25)10-8-17-16-6-5-14-11-15(26)7-9-22(14,2)19(16)18(27)12-23(17,24)3/h7,9,11,16-19,27H,4-6,8,10,12-13H2,1-3H3/t16-,17-,18-,19+,22-,23-,24-/m0/s1. The van der Waals surface area contributed by atoms with Crippen LogP contribution in [0.3, 0.4) is 0 Å². The van der Waals surface area contributed by atoms with Gasteiger partial charge in [-0.25, -0.2) is 9.59 Å². The number of carbonyl (C=O) groups excluding carboxylic acids is 3. The second-order valence-electron chi connectivity index (χ2n) is 9.90. The highest BCUT2D eigenvalue weighted by molar-refractivity contribution is 14.1. The Morgan fingerprint density at radius 3 is 2.69 bits per heavy atom. The van der Waals surface area contributed by atoms with Gasteiger partial charge < -0.3 is 19.3 Å². The molecule has 0 unspecified atom stereocenters. The van der Waals surface area contributed by atoms with Gasteiger partial charge in [0.15, 0.2) is 5.78 Å². The van der Waals surface area contributed by atoms with Crippen molar-refractivity contribution in [1.82, 2.24) is 0 Å². The lowest BCUT2D eigenvalue weighted by molar-refractivity contribution is -0.199. The van der Waals surface area contributed by atoms with E-state index >= 15 is 0 Å². The van der Waals surface area contributed by atoms with Crippen molar-refractivity contribution in [3.8, 4) is 0 Å². The van der Waals surface area contributed by atoms with Gasteiger partial charge in [0, 0.05) is 16.7 Å². The molecule has 0 aliphatic heterocycles. The maximum absolute atomic E-state index is 13.3. The average molecular weight is 558 g/mol. The Kier molecular flexibility index (Phi) is 6.24. The van der Waals surface area contributed by atoms with Crippen LogP contribution in [-0.4, -0.2) is 45.9 Å². The molecule has 0 spiro atoms. The van der Waals surface area contributed by atoms with Crippen molar-refractivity contribution in [2.75, 3.05) is 11.2 Å². The average Bonchev–Trinajstić information content (AvgIpc) is 3.01. The van der Waals surface area contributed by atoms with E-state index in [9.17, 15) is 19.5 Å². The molecule has 0 aromatic carbocycles. The minimum atomic E-state index is -1.49. The van der Waals surface area contributed by atoms with Gasteiger partial charge in [0.2, 0.25) is 5.60 Å². The predicted octanol–water partition coefficient (Wildman–Crippen LogP) is 4.11. The number of aliphatic hydroxyl groups is 1. The maximum atomic E-state index is 13.3. The summed E-state index contributed by atoms with van der Waals surface area (Å²) >= 11 is 1.95. The van der Waals surface area contributed by atoms with Crippen molar-refractivity contribution in [2.45, 2.75) is 64.6 Å². The molecule has 1 N–H and O–H groups in total. The molecule has 0 aromatic rings. The summed E-state index contributed by atoms with van der Waals surface area (Å²) in [7, 11) is 0. The van der Waals surface area contributed by atoms with Crippen molar-refractivity contribution in [3.05, 3.63) is 23.8 Å². The van der Waals surface area contributed by atoms with E-state index in [0.29, 0.717) is 19.3 Å². The molecule has 8 heteroatoms. The van der Waals surface area contributed by atoms with Crippen LogP contribution >= 0.6 is 22.6 Å². The van der Waals surface area contributed by atoms with Crippen LogP contribution in [0.4, 0.5) is 4.79 Å². The molecule has 0 amide bonds. The molecular weight excluding hydrogens is 527 g/mol. The molecule has 0 heterocycles. The van der Waals surface area contributed by atoms with Crippen LogP contribution in [0.15, 0.2) is 23.8 Å². The molecule has 4 aliphatic carbocycles. The molecule has 0 radical (unpaired) electrons. The number of esters is 1. The summed E-state index contributed by atoms with van der Waals surface area (Å²) < 4.78 is 16.3. The number of hydrogen-bond donors (Lipinski definition) is 1. The minimum Gasteiger partial charge on any atom is -0.452 e. The van der Waals surface area contributed by atoms with Gasteiger partial charge in [-0.05, 0) is 85.6 Å². The highest BCUT2D eigenvalue weighted by Gasteiger charge is 2.71. The lowest BCUT2D eigenvalue weighted by Gasteiger charge is -2.59. The summed E-state index contributed by atoms with van der Waals surface area (Å²) in [4.78, 5) is 37.6. The van der Waals surface area contributed by atoms with Gasteiger partial charge >= 0.3 is 12.1 Å². The molecule has 4 aliphatic rings. The summed E-state index contributed by atoms with van der Waals surface area (Å²) in [5.74, 6) is -0.444. The van der Waals surface area contributed by atoms with E-state index in [4.69, 9.17) is 14.2 Å². The molecule has 4 rings (SSSR count). The van der Waals surface area contributed by atoms with Crippen LogP contribution in [0.2, 0.25) is 0 Å². The summed E-state index contributed by atoms with van der Waals surface area (Å²) in [6.45, 7) is 5.88. The first-order chi connectivity index (χ1) is 15.1. The van der Waals surface area contributed by atoms with E-state index < -0.39 is 34.7 Å². The van der Waals surface area contributed by atoms with E-state index in [2.05, 4.69) is 6.92 Å². The number of fused-ring (bicyclic) bond motifs is 5. The van der Waals surface area contributed by atoms with Crippen LogP contribution in [0.1, 0.15) is 52.9 Å². The van der Waals surface area contributed by atoms with Crippen molar-refractivity contribution in [3.63, 3.8) is 0 Å². The number of allylic oxidation sites excluding steroid dienone is 4. The second-order valence-corrected chi connectivity index (χ2v) is 10.5. The SMILES string of the molecule is CCOC(=O)O[C@]1(C(=O)OCI)CC[C@H]2[C@@H]3CCC4=CC(=O)C=C[C@]4(C)[C@H]3[C@@H](O)C[C@@]21C. The zero-order valence-corrected chi connectivity index (χ0v) is 20.9. The van der Waals surface area contributed by atoms with E-state index in [-0.39, 0.29) is 34.8 Å². The van der Waals surface area contributed by atoms with Gasteiger partial charge in [-0.2, -0.15) is 0 Å². The van der Waals surface area contributed by atoms with Gasteiger partial charge in [0.25, 0.3) is 0 Å². The third-order valence-electron chi connectivity index (χ3n) is 8.65. The first kappa shape index (κ1) is 23.7. The van der Waals surface area contributed by atoms with Crippen LogP contribution in [0, 0.1) is 28.6 Å². The van der Waals surface area contributed by atoms with Crippen molar-refractivity contribution in [1.29, 1.82) is 0 Å². The molecule has 0 saturated heterocycles. The predicted molar refractivity (Wildman–Crippen MR) is 124 cm³/mol. The summed E-state index contributed by atoms with van der Waals surface area (Å²) in [6.07, 6.45) is 6.61. The molecule has 0 bridgehead atoms. The number of ether oxygens (including phenoxy) is 3. The Morgan fingerprint density at radius 2 is 2.00 bits per heavy atom. The van der Waals surface area contributed by atoms with E-state index in [1.54, 1.807) is 19.1 Å². The first-order valence-electron chi connectivity index (χ1n) is 11.3. The lowest BCUT2D eigenvalue weighted by atomic mass is 9.46. The molecule has 176 valence electrons. The Balaban J connectivity index is 1.73. The second kappa shape index (κ2) is 8.42. The molecule has 0 aromatic heterocycles. The van der Waals surface area contributed by atoms with E-state index in [1.165, 1.54) is 0 Å². The van der Waals surface area contributed by atoms with Gasteiger partial charge in [-0.3, -0.25) is 4.79 Å². The third-order valence-corrected chi connectivity index (χ3v) is 8.96. The maximum Gasteiger partial charge on any atom is 0.509 e. The van der Waals surface area contributed by atoms with Crippen molar-refractivity contribution in [2.24, 2.45) is 28.6 Å². The monoisotopic (exact) mass is 558 g/mol. The van der Waals surface area contributed by atoms with Gasteiger partial charge in [-0.15, -0.1) is 0 Å². The van der Waals surface area contributed by atoms with Crippen LogP contribution in [0.25, 0.3) is 0 Å². The number of alkyl halides is 1. The summed E-state index contributed by atoms with van der Waals surface area (Å²) in [5, 5.41) is 11.5. The number of aliphatic hydroxyl groups excluding tert-OH is 1. The zero-order chi connectivity index (χ0) is 23.3. The molecule has 3 fully saturated rings. The molecule has 32 heavy (non-hydrogen) atoms. The Labute approximate surface area is 202 Å². The minimum absolute atomic E-state index is 0.00433. The third kappa shape index (κ3) is 3.35. The zero-order valence-electron chi connectivity index (χ0n) is 18.8. The number of rotatable bonds is 4. The van der Waals surface area contributed by atoms with Crippen LogP contribution in [-0.2, 0) is 23.8 Å². The Hall–Kier alpha value is -1.42. The van der Waals surface area contributed by atoms with Gasteiger partial charge in [0.05, 0.1) is 12.7 Å². The van der Waals surface area contributed by atoms with Crippen molar-refractivity contribution < 1.29 is 33.7 Å². The Bertz CT molecular complexity index is 882. The van der Waals surface area contributed by atoms with Crippen LogP contribution < -0.4 is 0 Å². The molecule has 3 saturated carbocycles. The molecular formula is C24H31IO7. The fraction of sp³-hybridized carbons (Fsp3) is 0.708. The number of hydrogen-bond acceptors (Lipinski definition) is 7. The highest BCUT2D eigenvalue weighted by atomic mass is 127. The number of ketones is 1. The van der Waals surface area contributed by atoms with Crippen molar-refractivity contribution >= 4 is 40.5 Å². The Morgan fingerprint density at radius 1 is 1.25 bits per heavy atom. The first-order valence-corrected chi connectivity index (χ1v) is 12.9. The van der Waals surface area contributed by atoms with Crippen LogP contribution in [0.5, 0.6) is 0 Å². The fourth-order valence-electron chi connectivity index (χ4n) is 7.31. The quantitative estimate of drug-likeness (QED) is 0.315. The van der Waals surface area contributed by atoms with Gasteiger partial charge in [0.1, 0.15) is 4.61 Å². The lowest BCUT2D eigenvalue weighted by Crippen LogP contribution is -2.62. The largest absolute Gasteiger partial charge is 0.509 e. The fourth-order valence-corrected chi connectivity index (χ4v) is 7.60. The van der Waals surface area contributed by atoms with E-state index in [1.807, 2.05) is 35.6 Å². The van der Waals surface area contributed by atoms with Gasteiger partial charge in [-0.1, -0.05) is 25.5 Å². The molecule has 7 atom stereocenters. The number of halogens is 1. The molecule has 7 nitrogen and oxygen atoms in total. The highest BCUT2D eigenvalue weighted by Crippen LogP contribution is 2.68. The smallest absolute Gasteiger partial charge is 0.452 e. The summed E-state index contributed by atoms with van der Waals surface area (Å²) in [5.41, 5.74) is -1.59. The summed E-state index contributed by atoms with van der Waals surface area (Å²) in [6, 6.07) is 0. The normalized spacial score (nSPS) is 42.3. The topological polar surface area (TPSA) is 99.1 Å². The van der Waals surface area contributed by atoms with E-state index in [0.717, 1.165) is 18.4 Å².